The summed E-state index contributed by atoms with van der Waals surface area (Å²) in [5, 5.41) is 3.51. The Kier molecular flexibility index (Phi) is 13.9. The van der Waals surface area contributed by atoms with Crippen LogP contribution in [-0.4, -0.2) is 25.8 Å². The van der Waals surface area contributed by atoms with Crippen LogP contribution in [-0.2, 0) is 4.74 Å². The summed E-state index contributed by atoms with van der Waals surface area (Å²) >= 11 is 0. The van der Waals surface area contributed by atoms with Gasteiger partial charge in [0.05, 0.1) is 6.10 Å². The predicted molar refractivity (Wildman–Crippen MR) is 76.6 cm³/mol. The van der Waals surface area contributed by atoms with Crippen molar-refractivity contribution in [2.75, 3.05) is 19.7 Å². The maximum absolute atomic E-state index is 5.50. The van der Waals surface area contributed by atoms with Crippen molar-refractivity contribution in [3.8, 4) is 0 Å². The van der Waals surface area contributed by atoms with Gasteiger partial charge in [0.2, 0.25) is 0 Å². The highest BCUT2D eigenvalue weighted by molar-refractivity contribution is 4.50. The first-order valence-corrected chi connectivity index (χ1v) is 7.59. The molecule has 104 valence electrons. The third kappa shape index (κ3) is 15.9. The van der Waals surface area contributed by atoms with Crippen LogP contribution in [0.5, 0.6) is 0 Å². The molecule has 2 heteroatoms. The summed E-state index contributed by atoms with van der Waals surface area (Å²) < 4.78 is 5.50. The predicted octanol–water partition coefficient (Wildman–Crippen LogP) is 4.14. The van der Waals surface area contributed by atoms with E-state index < -0.39 is 0 Å². The number of unbranched alkanes of at least 4 members (excludes halogenated alkanes) is 6. The zero-order chi connectivity index (χ0) is 12.8. The van der Waals surface area contributed by atoms with E-state index in [4.69, 9.17) is 4.74 Å². The van der Waals surface area contributed by atoms with Gasteiger partial charge in [-0.3, -0.25) is 0 Å². The van der Waals surface area contributed by atoms with Crippen LogP contribution < -0.4 is 5.32 Å². The van der Waals surface area contributed by atoms with Gasteiger partial charge in [0.25, 0.3) is 0 Å². The normalized spacial score (nSPS) is 11.3. The highest BCUT2D eigenvalue weighted by Gasteiger charge is 1.94. The van der Waals surface area contributed by atoms with E-state index in [-0.39, 0.29) is 0 Å². The van der Waals surface area contributed by atoms with Gasteiger partial charge in [0, 0.05) is 6.61 Å². The van der Waals surface area contributed by atoms with Crippen LogP contribution in [0.4, 0.5) is 0 Å². The summed E-state index contributed by atoms with van der Waals surface area (Å²) in [5.74, 6) is 0. The van der Waals surface area contributed by atoms with Crippen molar-refractivity contribution in [3.63, 3.8) is 0 Å². The molecular formula is C15H33NO. The minimum Gasteiger partial charge on any atom is -0.379 e. The van der Waals surface area contributed by atoms with Gasteiger partial charge in [-0.15, -0.1) is 0 Å². The van der Waals surface area contributed by atoms with Gasteiger partial charge in [0.1, 0.15) is 0 Å². The van der Waals surface area contributed by atoms with Crippen molar-refractivity contribution in [2.24, 2.45) is 0 Å². The van der Waals surface area contributed by atoms with Gasteiger partial charge in [-0.05, 0) is 46.2 Å². The van der Waals surface area contributed by atoms with Crippen LogP contribution in [0.1, 0.15) is 72.1 Å². The average molecular weight is 243 g/mol. The maximum Gasteiger partial charge on any atom is 0.0518 e. The van der Waals surface area contributed by atoms with E-state index in [1.54, 1.807) is 0 Å². The van der Waals surface area contributed by atoms with Crippen LogP contribution in [0.15, 0.2) is 0 Å². The molecule has 0 unspecified atom stereocenters. The van der Waals surface area contributed by atoms with Crippen molar-refractivity contribution >= 4 is 0 Å². The lowest BCUT2D eigenvalue weighted by Gasteiger charge is -2.07. The van der Waals surface area contributed by atoms with E-state index >= 15 is 0 Å². The Labute approximate surface area is 109 Å². The Morgan fingerprint density at radius 3 is 2.06 bits per heavy atom. The molecule has 0 heterocycles. The van der Waals surface area contributed by atoms with Crippen molar-refractivity contribution in [3.05, 3.63) is 0 Å². The smallest absolute Gasteiger partial charge is 0.0518 e. The molecule has 1 N–H and O–H groups in total. The lowest BCUT2D eigenvalue weighted by molar-refractivity contribution is 0.0760. The van der Waals surface area contributed by atoms with Crippen molar-refractivity contribution < 1.29 is 4.74 Å². The molecule has 0 saturated heterocycles. The van der Waals surface area contributed by atoms with Gasteiger partial charge in [-0.25, -0.2) is 0 Å². The Bertz CT molecular complexity index is 137. The van der Waals surface area contributed by atoms with Crippen LogP contribution in [0.25, 0.3) is 0 Å². The first-order chi connectivity index (χ1) is 8.27. The van der Waals surface area contributed by atoms with E-state index in [1.807, 2.05) is 0 Å². The molecule has 2 nitrogen and oxygen atoms in total. The number of hydrogen-bond donors (Lipinski definition) is 1. The lowest BCUT2D eigenvalue weighted by Crippen LogP contribution is -2.17. The largest absolute Gasteiger partial charge is 0.379 e. The molecule has 0 aromatic rings. The Balaban J connectivity index is 2.89. The minimum atomic E-state index is 0.381. The summed E-state index contributed by atoms with van der Waals surface area (Å²) in [6.45, 7) is 9.71. The molecule has 0 saturated carbocycles. The van der Waals surface area contributed by atoms with Crippen LogP contribution in [0.3, 0.4) is 0 Å². The van der Waals surface area contributed by atoms with Crippen molar-refractivity contribution in [2.45, 2.75) is 78.2 Å². The van der Waals surface area contributed by atoms with E-state index in [0.717, 1.165) is 13.2 Å². The van der Waals surface area contributed by atoms with Crippen molar-refractivity contribution in [1.82, 2.24) is 5.32 Å². The van der Waals surface area contributed by atoms with Gasteiger partial charge >= 0.3 is 0 Å². The van der Waals surface area contributed by atoms with Crippen LogP contribution in [0.2, 0.25) is 0 Å². The van der Waals surface area contributed by atoms with Gasteiger partial charge in [-0.2, -0.15) is 0 Å². The Hall–Kier alpha value is -0.0800. The first kappa shape index (κ1) is 16.9. The molecule has 0 rings (SSSR count). The molecule has 0 aliphatic rings. The van der Waals surface area contributed by atoms with Gasteiger partial charge in [-0.1, -0.05) is 39.0 Å². The van der Waals surface area contributed by atoms with E-state index in [2.05, 4.69) is 26.1 Å². The zero-order valence-corrected chi connectivity index (χ0v) is 12.3. The molecular weight excluding hydrogens is 210 g/mol. The van der Waals surface area contributed by atoms with Crippen LogP contribution in [0, 0.1) is 0 Å². The average Bonchev–Trinajstić information content (AvgIpc) is 2.30. The highest BCUT2D eigenvalue weighted by atomic mass is 16.5. The highest BCUT2D eigenvalue weighted by Crippen LogP contribution is 2.04. The molecule has 0 spiro atoms. The second-order valence-corrected chi connectivity index (χ2v) is 5.14. The molecule has 0 amide bonds. The summed E-state index contributed by atoms with van der Waals surface area (Å²) in [4.78, 5) is 0. The lowest BCUT2D eigenvalue weighted by atomic mass is 10.1. The van der Waals surface area contributed by atoms with E-state index in [0.29, 0.717) is 6.10 Å². The maximum atomic E-state index is 5.50. The Morgan fingerprint density at radius 1 is 0.824 bits per heavy atom. The molecule has 0 bridgehead atoms. The third-order valence-electron chi connectivity index (χ3n) is 2.91. The van der Waals surface area contributed by atoms with Gasteiger partial charge < -0.3 is 10.1 Å². The molecule has 0 aliphatic heterocycles. The van der Waals surface area contributed by atoms with E-state index in [1.165, 1.54) is 57.9 Å². The van der Waals surface area contributed by atoms with Gasteiger partial charge in [0.15, 0.2) is 0 Å². The molecule has 17 heavy (non-hydrogen) atoms. The second kappa shape index (κ2) is 14.0. The zero-order valence-electron chi connectivity index (χ0n) is 12.3. The van der Waals surface area contributed by atoms with E-state index in [9.17, 15) is 0 Å². The third-order valence-corrected chi connectivity index (χ3v) is 2.91. The fourth-order valence-electron chi connectivity index (χ4n) is 1.83. The minimum absolute atomic E-state index is 0.381. The number of ether oxygens (including phenoxy) is 1. The molecule has 0 aromatic carbocycles. The number of rotatable bonds is 13. The number of nitrogens with one attached hydrogen (secondary N) is 1. The molecule has 0 radical (unpaired) electrons. The fraction of sp³-hybridized carbons (Fsp3) is 1.00. The molecule has 0 aliphatic carbocycles. The number of hydrogen-bond acceptors (Lipinski definition) is 2. The summed E-state index contributed by atoms with van der Waals surface area (Å²) in [6.07, 6.45) is 11.1. The summed E-state index contributed by atoms with van der Waals surface area (Å²) in [7, 11) is 0. The monoisotopic (exact) mass is 243 g/mol. The Morgan fingerprint density at radius 2 is 1.41 bits per heavy atom. The summed E-state index contributed by atoms with van der Waals surface area (Å²) in [5.41, 5.74) is 0. The van der Waals surface area contributed by atoms with Crippen LogP contribution >= 0.6 is 0 Å². The summed E-state index contributed by atoms with van der Waals surface area (Å²) in [6, 6.07) is 0. The standard InChI is InChI=1S/C15H33NO/c1-4-5-6-7-8-9-12-16-13-10-11-14-17-15(2)3/h15-16H,4-14H2,1-3H3. The molecule has 0 fully saturated rings. The SMILES string of the molecule is CCCCCCCCNCCCCOC(C)C. The molecule has 0 aromatic heterocycles. The molecule has 0 atom stereocenters. The first-order valence-electron chi connectivity index (χ1n) is 7.59. The fourth-order valence-corrected chi connectivity index (χ4v) is 1.83. The topological polar surface area (TPSA) is 21.3 Å². The quantitative estimate of drug-likeness (QED) is 0.491. The van der Waals surface area contributed by atoms with Crippen molar-refractivity contribution in [1.29, 1.82) is 0 Å². The second-order valence-electron chi connectivity index (χ2n) is 5.14.